The second-order valence-corrected chi connectivity index (χ2v) is 9.97. The maximum atomic E-state index is 13.7. The van der Waals surface area contributed by atoms with Gasteiger partial charge in [0.2, 0.25) is 0 Å². The van der Waals surface area contributed by atoms with Crippen LogP contribution in [0.4, 0.5) is 24.5 Å². The number of carboxylic acid groups (broad SMARTS) is 1. The lowest BCUT2D eigenvalue weighted by molar-refractivity contribution is -0.137. The fourth-order valence-corrected chi connectivity index (χ4v) is 4.77. The number of aromatic nitrogens is 1. The number of nitrogens with one attached hydrogen (secondary N) is 1. The molecule has 5 nitrogen and oxygen atoms in total. The van der Waals surface area contributed by atoms with Gasteiger partial charge in [0.05, 0.1) is 23.3 Å². The molecule has 0 aliphatic carbocycles. The Hall–Kier alpha value is -3.94. The second-order valence-electron chi connectivity index (χ2n) is 9.97. The Kier molecular flexibility index (Phi) is 9.74. The minimum atomic E-state index is -4.51. The van der Waals surface area contributed by atoms with E-state index in [1.54, 1.807) is 18.2 Å². The molecule has 2 N–H and O–H groups in total. The van der Waals surface area contributed by atoms with Gasteiger partial charge in [-0.15, -0.1) is 0 Å². The Morgan fingerprint density at radius 3 is 2.27 bits per heavy atom. The van der Waals surface area contributed by atoms with Gasteiger partial charge in [0.1, 0.15) is 5.75 Å². The highest BCUT2D eigenvalue weighted by molar-refractivity contribution is 5.95. The quantitative estimate of drug-likeness (QED) is 0.153. The molecule has 3 aromatic carbocycles. The molecular formula is C32H35F3N2O3. The summed E-state index contributed by atoms with van der Waals surface area (Å²) in [5.74, 6) is -0.818. The van der Waals surface area contributed by atoms with Gasteiger partial charge in [-0.05, 0) is 61.0 Å². The number of ether oxygens (including phenoxy) is 1. The Morgan fingerprint density at radius 1 is 0.900 bits per heavy atom. The average molecular weight is 553 g/mol. The number of fused-ring (bicyclic) bond motifs is 1. The maximum absolute atomic E-state index is 13.7. The van der Waals surface area contributed by atoms with Crippen molar-refractivity contribution in [3.63, 3.8) is 0 Å². The monoisotopic (exact) mass is 552 g/mol. The van der Waals surface area contributed by atoms with E-state index in [0.29, 0.717) is 12.3 Å². The van der Waals surface area contributed by atoms with E-state index in [1.807, 2.05) is 35.0 Å². The summed E-state index contributed by atoms with van der Waals surface area (Å²) in [5.41, 5.74) is 1.94. The number of hydrogen-bond acceptors (Lipinski definition) is 3. The van der Waals surface area contributed by atoms with E-state index in [1.165, 1.54) is 44.2 Å². The number of unbranched alkanes of at least 4 members (excludes halogenated alkanes) is 7. The van der Waals surface area contributed by atoms with Crippen molar-refractivity contribution >= 4 is 28.2 Å². The zero-order valence-corrected chi connectivity index (χ0v) is 22.6. The molecule has 0 spiro atoms. The van der Waals surface area contributed by atoms with Crippen LogP contribution in [0.1, 0.15) is 74.2 Å². The smallest absolute Gasteiger partial charge is 0.416 e. The molecule has 0 amide bonds. The highest BCUT2D eigenvalue weighted by Crippen LogP contribution is 2.36. The Morgan fingerprint density at radius 2 is 1.60 bits per heavy atom. The first-order chi connectivity index (χ1) is 19.3. The molecule has 0 unspecified atom stereocenters. The van der Waals surface area contributed by atoms with Crippen LogP contribution in [0.3, 0.4) is 0 Å². The van der Waals surface area contributed by atoms with Crippen LogP contribution in [0.5, 0.6) is 5.75 Å². The van der Waals surface area contributed by atoms with Gasteiger partial charge in [-0.2, -0.15) is 13.2 Å². The van der Waals surface area contributed by atoms with Crippen molar-refractivity contribution in [3.8, 4) is 11.4 Å². The van der Waals surface area contributed by atoms with E-state index < -0.39 is 17.7 Å². The lowest BCUT2D eigenvalue weighted by Crippen LogP contribution is -2.07. The molecule has 0 radical (unpaired) electrons. The largest absolute Gasteiger partial charge is 0.494 e. The average Bonchev–Trinajstić information content (AvgIpc) is 3.37. The number of nitrogens with zero attached hydrogens (tertiary/aromatic N) is 1. The van der Waals surface area contributed by atoms with Crippen molar-refractivity contribution in [1.82, 2.24) is 4.57 Å². The molecule has 0 saturated heterocycles. The number of rotatable bonds is 14. The van der Waals surface area contributed by atoms with Crippen LogP contribution in [0, 0.1) is 0 Å². The Labute approximate surface area is 232 Å². The number of benzene rings is 3. The highest BCUT2D eigenvalue weighted by Gasteiger charge is 2.31. The number of carbonyl (C=O) groups is 1. The molecule has 0 fully saturated rings. The van der Waals surface area contributed by atoms with Crippen LogP contribution in [0.2, 0.25) is 0 Å². The minimum Gasteiger partial charge on any atom is -0.494 e. The van der Waals surface area contributed by atoms with E-state index in [2.05, 4.69) is 12.2 Å². The molecule has 0 atom stereocenters. The molecule has 1 aromatic heterocycles. The maximum Gasteiger partial charge on any atom is 0.416 e. The number of carboxylic acids is 1. The number of anilines is 2. The van der Waals surface area contributed by atoms with E-state index in [4.69, 9.17) is 9.84 Å². The third kappa shape index (κ3) is 7.58. The van der Waals surface area contributed by atoms with Crippen LogP contribution < -0.4 is 10.1 Å². The van der Waals surface area contributed by atoms with Crippen molar-refractivity contribution in [3.05, 3.63) is 84.1 Å². The topological polar surface area (TPSA) is 63.5 Å². The summed E-state index contributed by atoms with van der Waals surface area (Å²) in [6.07, 6.45) is 6.37. The summed E-state index contributed by atoms with van der Waals surface area (Å²) in [7, 11) is 0. The molecule has 0 aliphatic rings. The molecular weight excluding hydrogens is 517 g/mol. The number of alkyl halides is 3. The first-order valence-corrected chi connectivity index (χ1v) is 13.8. The minimum absolute atomic E-state index is 0.184. The first kappa shape index (κ1) is 29.1. The predicted octanol–water partition coefficient (Wildman–Crippen LogP) is 9.61. The van der Waals surface area contributed by atoms with Crippen molar-refractivity contribution < 1.29 is 27.8 Å². The van der Waals surface area contributed by atoms with Crippen LogP contribution in [0.25, 0.3) is 16.6 Å². The second kappa shape index (κ2) is 13.4. The number of halogens is 3. The van der Waals surface area contributed by atoms with Gasteiger partial charge in [0.15, 0.2) is 0 Å². The van der Waals surface area contributed by atoms with Crippen molar-refractivity contribution in [1.29, 1.82) is 0 Å². The van der Waals surface area contributed by atoms with E-state index in [0.717, 1.165) is 48.0 Å². The van der Waals surface area contributed by atoms with Crippen LogP contribution in [-0.4, -0.2) is 22.2 Å². The predicted molar refractivity (Wildman–Crippen MR) is 153 cm³/mol. The van der Waals surface area contributed by atoms with Crippen LogP contribution in [-0.2, 0) is 6.18 Å². The molecule has 0 aliphatic heterocycles. The van der Waals surface area contributed by atoms with E-state index >= 15 is 0 Å². The van der Waals surface area contributed by atoms with Crippen LogP contribution in [0.15, 0.2) is 72.9 Å². The molecule has 212 valence electrons. The number of aromatic carboxylic acids is 1. The van der Waals surface area contributed by atoms with Gasteiger partial charge in [-0.25, -0.2) is 4.79 Å². The molecule has 4 rings (SSSR count). The van der Waals surface area contributed by atoms with Gasteiger partial charge >= 0.3 is 12.1 Å². The van der Waals surface area contributed by atoms with E-state index in [9.17, 15) is 18.0 Å². The summed E-state index contributed by atoms with van der Waals surface area (Å²) in [5, 5.41) is 13.1. The lowest BCUT2D eigenvalue weighted by atomic mass is 10.1. The summed E-state index contributed by atoms with van der Waals surface area (Å²) in [4.78, 5) is 11.2. The summed E-state index contributed by atoms with van der Waals surface area (Å²) in [6, 6.07) is 17.6. The van der Waals surface area contributed by atoms with Gasteiger partial charge in [0.25, 0.3) is 0 Å². The van der Waals surface area contributed by atoms with Crippen LogP contribution >= 0.6 is 0 Å². The fourth-order valence-electron chi connectivity index (χ4n) is 4.77. The fraction of sp³-hybridized carbons (Fsp3) is 0.344. The molecule has 40 heavy (non-hydrogen) atoms. The van der Waals surface area contributed by atoms with Gasteiger partial charge in [-0.1, -0.05) is 57.9 Å². The molecule has 0 saturated carbocycles. The normalized spacial score (nSPS) is 11.6. The van der Waals surface area contributed by atoms with Crippen molar-refractivity contribution in [2.75, 3.05) is 11.9 Å². The van der Waals surface area contributed by atoms with E-state index in [-0.39, 0.29) is 17.0 Å². The first-order valence-electron chi connectivity index (χ1n) is 13.8. The molecule has 8 heteroatoms. The van der Waals surface area contributed by atoms with Gasteiger partial charge < -0.3 is 19.7 Å². The van der Waals surface area contributed by atoms with Gasteiger partial charge in [0, 0.05) is 34.7 Å². The Bertz CT molecular complexity index is 1410. The summed E-state index contributed by atoms with van der Waals surface area (Å²) < 4.78 is 48.8. The molecule has 1 heterocycles. The summed E-state index contributed by atoms with van der Waals surface area (Å²) >= 11 is 0. The lowest BCUT2D eigenvalue weighted by Gasteiger charge is -2.15. The third-order valence-electron chi connectivity index (χ3n) is 6.90. The third-order valence-corrected chi connectivity index (χ3v) is 6.90. The molecule has 0 bridgehead atoms. The summed E-state index contributed by atoms with van der Waals surface area (Å²) in [6.45, 7) is 2.56. The van der Waals surface area contributed by atoms with Crippen molar-refractivity contribution in [2.24, 2.45) is 0 Å². The van der Waals surface area contributed by atoms with Crippen molar-refractivity contribution in [2.45, 2.75) is 64.5 Å². The zero-order valence-electron chi connectivity index (χ0n) is 22.6. The Balaban J connectivity index is 1.48. The number of hydrogen-bond donors (Lipinski definition) is 2. The zero-order chi connectivity index (χ0) is 28.5. The highest BCUT2D eigenvalue weighted by atomic mass is 19.4. The SMILES string of the molecule is CCCCCCCCCCOc1cc(Nc2cccc3c2ccn3-c2ccc(C(=O)O)cc2)cc(C(F)(F)F)c1. The molecule has 4 aromatic rings. The standard InChI is InChI=1S/C32H35F3N2O3/c1-2-3-4-5-6-7-8-9-19-40-27-21-24(32(33,34)35)20-25(22-27)36-29-11-10-12-30-28(29)17-18-37(30)26-15-13-23(14-16-26)31(38)39/h10-18,20-22,36H,2-9,19H2,1H3,(H,38,39). The van der Waals surface area contributed by atoms with Gasteiger partial charge in [-0.3, -0.25) is 0 Å².